The molecule has 3 rings (SSSR count). The van der Waals surface area contributed by atoms with E-state index < -0.39 is 6.10 Å². The van der Waals surface area contributed by atoms with Gasteiger partial charge in [0.1, 0.15) is 0 Å². The zero-order chi connectivity index (χ0) is 19.6. The third-order valence-corrected chi connectivity index (χ3v) is 4.79. The molecule has 0 saturated carbocycles. The van der Waals surface area contributed by atoms with Gasteiger partial charge in [0.05, 0.1) is 5.56 Å². The monoisotopic (exact) mass is 401 g/mol. The van der Waals surface area contributed by atoms with Gasteiger partial charge in [0.25, 0.3) is 0 Å². The smallest absolute Gasteiger partial charge is 0.338 e. The molecule has 1 atom stereocenters. The first-order valence-corrected chi connectivity index (χ1v) is 9.84. The second-order valence-corrected chi connectivity index (χ2v) is 7.03. The number of piperidine rings is 1. The fourth-order valence-electron chi connectivity index (χ4n) is 3.06. The van der Waals surface area contributed by atoms with Crippen molar-refractivity contribution in [3.63, 3.8) is 0 Å². The average Bonchev–Trinajstić information content (AvgIpc) is 2.75. The summed E-state index contributed by atoms with van der Waals surface area (Å²) in [4.78, 5) is 24.2. The van der Waals surface area contributed by atoms with E-state index in [0.29, 0.717) is 17.7 Å². The highest BCUT2D eigenvalue weighted by atomic mass is 35.5. The van der Waals surface area contributed by atoms with E-state index in [1.54, 1.807) is 36.7 Å². The van der Waals surface area contributed by atoms with Crippen molar-refractivity contribution >= 4 is 22.7 Å². The van der Waals surface area contributed by atoms with Crippen molar-refractivity contribution in [3.05, 3.63) is 66.0 Å². The molecule has 7 heteroatoms. The highest BCUT2D eigenvalue weighted by Crippen LogP contribution is 2.12. The Bertz CT molecular complexity index is 765. The third kappa shape index (κ3) is 6.32. The van der Waals surface area contributed by atoms with E-state index in [0.717, 1.165) is 25.9 Å². The van der Waals surface area contributed by atoms with Gasteiger partial charge in [0.2, 0.25) is 0 Å². The maximum atomic E-state index is 12.4. The van der Waals surface area contributed by atoms with Gasteiger partial charge < -0.3 is 9.57 Å². The van der Waals surface area contributed by atoms with Crippen LogP contribution in [0.15, 0.2) is 60.0 Å². The molecule has 0 amide bonds. The number of benzene rings is 1. The lowest BCUT2D eigenvalue weighted by molar-refractivity contribution is -0.0169. The molecule has 1 aliphatic heterocycles. The minimum Gasteiger partial charge on any atom is -0.454 e. The first-order valence-electron chi connectivity index (χ1n) is 9.46. The van der Waals surface area contributed by atoms with Gasteiger partial charge in [0, 0.05) is 24.5 Å². The Kier molecular flexibility index (Phi) is 7.82. The summed E-state index contributed by atoms with van der Waals surface area (Å²) in [6.45, 7) is 2.74. The molecule has 1 fully saturated rings. The highest BCUT2D eigenvalue weighted by Gasteiger charge is 2.21. The van der Waals surface area contributed by atoms with Gasteiger partial charge in [-0.05, 0) is 50.2 Å². The largest absolute Gasteiger partial charge is 0.454 e. The molecular formula is C21H24ClN3O3. The molecule has 2 aromatic rings. The van der Waals surface area contributed by atoms with Crippen molar-refractivity contribution in [2.24, 2.45) is 5.16 Å². The minimum absolute atomic E-state index is 0.131. The number of hydrogen-bond acceptors (Lipinski definition) is 6. The van der Waals surface area contributed by atoms with Crippen LogP contribution < -0.4 is 0 Å². The van der Waals surface area contributed by atoms with Crippen LogP contribution in [0.1, 0.15) is 35.2 Å². The van der Waals surface area contributed by atoms with Crippen LogP contribution in [0.25, 0.3) is 0 Å². The van der Waals surface area contributed by atoms with Crippen LogP contribution in [-0.2, 0) is 9.57 Å². The molecule has 6 nitrogen and oxygen atoms in total. The standard InChI is InChI=1S/C21H24ClN3O3/c22-20(18-10-7-11-23-14-18)24-27-16-19(15-25-12-5-2-6-13-25)28-21(26)17-8-3-1-4-9-17/h1,3-4,7-11,14,19H,2,5-6,12-13,15-16H2. The van der Waals surface area contributed by atoms with Gasteiger partial charge in [-0.1, -0.05) is 41.4 Å². The van der Waals surface area contributed by atoms with Crippen LogP contribution in [0, 0.1) is 0 Å². The first-order chi connectivity index (χ1) is 13.7. The number of carbonyl (C=O) groups excluding carboxylic acids is 1. The molecule has 1 aliphatic rings. The van der Waals surface area contributed by atoms with Crippen LogP contribution >= 0.6 is 11.6 Å². The number of ether oxygens (including phenoxy) is 1. The predicted molar refractivity (Wildman–Crippen MR) is 109 cm³/mol. The zero-order valence-electron chi connectivity index (χ0n) is 15.7. The van der Waals surface area contributed by atoms with Crippen molar-refractivity contribution in [3.8, 4) is 0 Å². The molecule has 1 saturated heterocycles. The summed E-state index contributed by atoms with van der Waals surface area (Å²) in [5.74, 6) is -0.367. The van der Waals surface area contributed by atoms with Crippen molar-refractivity contribution in [2.75, 3.05) is 26.2 Å². The number of pyridine rings is 1. The third-order valence-electron chi connectivity index (χ3n) is 4.50. The summed E-state index contributed by atoms with van der Waals surface area (Å²) in [5.41, 5.74) is 1.18. The van der Waals surface area contributed by atoms with Crippen molar-refractivity contribution < 1.29 is 14.4 Å². The molecule has 1 unspecified atom stereocenters. The highest BCUT2D eigenvalue weighted by molar-refractivity contribution is 6.69. The topological polar surface area (TPSA) is 64.0 Å². The first kappa shape index (κ1) is 20.3. The van der Waals surface area contributed by atoms with E-state index in [1.165, 1.54) is 6.42 Å². The van der Waals surface area contributed by atoms with Gasteiger partial charge in [0.15, 0.2) is 17.9 Å². The molecule has 0 radical (unpaired) electrons. The number of carbonyl (C=O) groups is 1. The van der Waals surface area contributed by atoms with Crippen LogP contribution in [-0.4, -0.2) is 53.4 Å². The second-order valence-electron chi connectivity index (χ2n) is 6.67. The lowest BCUT2D eigenvalue weighted by Crippen LogP contribution is -2.40. The summed E-state index contributed by atoms with van der Waals surface area (Å²) in [7, 11) is 0. The van der Waals surface area contributed by atoms with Crippen molar-refractivity contribution in [2.45, 2.75) is 25.4 Å². The van der Waals surface area contributed by atoms with E-state index in [-0.39, 0.29) is 17.7 Å². The van der Waals surface area contributed by atoms with Crippen LogP contribution in [0.4, 0.5) is 0 Å². The molecule has 148 valence electrons. The number of aromatic nitrogens is 1. The summed E-state index contributed by atoms with van der Waals surface area (Å²) in [6.07, 6.45) is 6.39. The molecule has 0 bridgehead atoms. The van der Waals surface area contributed by atoms with Crippen LogP contribution in [0.2, 0.25) is 0 Å². The summed E-state index contributed by atoms with van der Waals surface area (Å²) in [6, 6.07) is 12.5. The molecular weight excluding hydrogens is 378 g/mol. The van der Waals surface area contributed by atoms with Crippen molar-refractivity contribution in [1.29, 1.82) is 0 Å². The number of oxime groups is 1. The Morgan fingerprint density at radius 3 is 2.57 bits per heavy atom. The molecule has 0 N–H and O–H groups in total. The second kappa shape index (κ2) is 10.8. The lowest BCUT2D eigenvalue weighted by atomic mass is 10.1. The summed E-state index contributed by atoms with van der Waals surface area (Å²) < 4.78 is 5.70. The van der Waals surface area contributed by atoms with E-state index in [2.05, 4.69) is 15.0 Å². The van der Waals surface area contributed by atoms with Crippen LogP contribution in [0.3, 0.4) is 0 Å². The van der Waals surface area contributed by atoms with E-state index in [9.17, 15) is 4.79 Å². The van der Waals surface area contributed by atoms with E-state index in [4.69, 9.17) is 21.2 Å². The van der Waals surface area contributed by atoms with Gasteiger partial charge >= 0.3 is 5.97 Å². The molecule has 0 aliphatic carbocycles. The number of nitrogens with zero attached hydrogens (tertiary/aromatic N) is 3. The Balaban J connectivity index is 1.61. The summed E-state index contributed by atoms with van der Waals surface area (Å²) >= 11 is 6.15. The Labute approximate surface area is 170 Å². The number of likely N-dealkylation sites (tertiary alicyclic amines) is 1. The minimum atomic E-state index is -0.437. The number of hydrogen-bond donors (Lipinski definition) is 0. The van der Waals surface area contributed by atoms with E-state index in [1.807, 2.05) is 18.2 Å². The Hall–Kier alpha value is -2.44. The fraction of sp³-hybridized carbons (Fsp3) is 0.381. The normalized spacial score (nSPS) is 16.4. The zero-order valence-corrected chi connectivity index (χ0v) is 16.4. The lowest BCUT2D eigenvalue weighted by Gasteiger charge is -2.29. The fourth-order valence-corrected chi connectivity index (χ4v) is 3.22. The molecule has 1 aromatic heterocycles. The maximum Gasteiger partial charge on any atom is 0.338 e. The predicted octanol–water partition coefficient (Wildman–Crippen LogP) is 3.71. The van der Waals surface area contributed by atoms with Crippen molar-refractivity contribution in [1.82, 2.24) is 9.88 Å². The van der Waals surface area contributed by atoms with Gasteiger partial charge in [-0.15, -0.1) is 0 Å². The molecule has 0 spiro atoms. The quantitative estimate of drug-likeness (QED) is 0.383. The Morgan fingerprint density at radius 1 is 1.11 bits per heavy atom. The van der Waals surface area contributed by atoms with Gasteiger partial charge in [-0.25, -0.2) is 4.79 Å². The number of rotatable bonds is 8. The number of halogens is 1. The average molecular weight is 402 g/mol. The Morgan fingerprint density at radius 2 is 1.86 bits per heavy atom. The van der Waals surface area contributed by atoms with Crippen LogP contribution in [0.5, 0.6) is 0 Å². The molecule has 28 heavy (non-hydrogen) atoms. The maximum absolute atomic E-state index is 12.4. The molecule has 2 heterocycles. The SMILES string of the molecule is O=C(OC(CON=C(Cl)c1cccnc1)CN1CCCCC1)c1ccccc1. The van der Waals surface area contributed by atoms with Gasteiger partial charge in [-0.2, -0.15) is 0 Å². The van der Waals surface area contributed by atoms with E-state index >= 15 is 0 Å². The van der Waals surface area contributed by atoms with Gasteiger partial charge in [-0.3, -0.25) is 9.88 Å². The molecule has 1 aromatic carbocycles. The summed E-state index contributed by atoms with van der Waals surface area (Å²) in [5, 5.41) is 4.15. The number of esters is 1.